The first kappa shape index (κ1) is 11.7. The Morgan fingerprint density at radius 3 is 2.56 bits per heavy atom. The SMILES string of the molecule is CCC(O)c1ccc(Sc2cccs2)cc1. The van der Waals surface area contributed by atoms with Crippen molar-refractivity contribution in [3.05, 3.63) is 47.3 Å². The lowest BCUT2D eigenvalue weighted by Gasteiger charge is -2.08. The molecule has 0 spiro atoms. The van der Waals surface area contributed by atoms with Crippen LogP contribution in [0.3, 0.4) is 0 Å². The van der Waals surface area contributed by atoms with Crippen LogP contribution in [0.5, 0.6) is 0 Å². The van der Waals surface area contributed by atoms with Crippen molar-refractivity contribution in [2.24, 2.45) is 0 Å². The van der Waals surface area contributed by atoms with Gasteiger partial charge in [0.15, 0.2) is 0 Å². The Labute approximate surface area is 104 Å². The van der Waals surface area contributed by atoms with E-state index in [4.69, 9.17) is 0 Å². The number of aliphatic hydroxyl groups excluding tert-OH is 1. The van der Waals surface area contributed by atoms with Crippen LogP contribution in [-0.4, -0.2) is 5.11 Å². The highest BCUT2D eigenvalue weighted by molar-refractivity contribution is 8.01. The van der Waals surface area contributed by atoms with Crippen molar-refractivity contribution in [3.8, 4) is 0 Å². The molecule has 0 fully saturated rings. The zero-order valence-corrected chi connectivity index (χ0v) is 10.7. The zero-order valence-electron chi connectivity index (χ0n) is 9.09. The first-order chi connectivity index (χ1) is 7.79. The van der Waals surface area contributed by atoms with E-state index in [0.717, 1.165) is 12.0 Å². The Bertz CT molecular complexity index is 420. The summed E-state index contributed by atoms with van der Waals surface area (Å²) in [6.45, 7) is 1.99. The van der Waals surface area contributed by atoms with Gasteiger partial charge in [-0.25, -0.2) is 0 Å². The molecule has 0 aliphatic heterocycles. The Hall–Kier alpha value is -0.770. The van der Waals surface area contributed by atoms with Gasteiger partial charge in [0, 0.05) is 4.90 Å². The monoisotopic (exact) mass is 250 g/mol. The summed E-state index contributed by atoms with van der Waals surface area (Å²) in [5.74, 6) is 0. The van der Waals surface area contributed by atoms with Crippen molar-refractivity contribution < 1.29 is 5.11 Å². The average molecular weight is 250 g/mol. The molecule has 0 saturated heterocycles. The number of benzene rings is 1. The van der Waals surface area contributed by atoms with Crippen molar-refractivity contribution in [3.63, 3.8) is 0 Å². The summed E-state index contributed by atoms with van der Waals surface area (Å²) in [6, 6.07) is 12.3. The number of aliphatic hydroxyl groups is 1. The number of thiophene rings is 1. The van der Waals surface area contributed by atoms with Gasteiger partial charge >= 0.3 is 0 Å². The van der Waals surface area contributed by atoms with E-state index in [1.54, 1.807) is 23.1 Å². The first-order valence-electron chi connectivity index (χ1n) is 5.29. The van der Waals surface area contributed by atoms with Crippen LogP contribution in [0, 0.1) is 0 Å². The van der Waals surface area contributed by atoms with E-state index in [-0.39, 0.29) is 6.10 Å². The molecule has 1 N–H and O–H groups in total. The molecule has 84 valence electrons. The standard InChI is InChI=1S/C13H14OS2/c1-2-12(14)10-5-7-11(8-6-10)16-13-4-3-9-15-13/h3-9,12,14H,2H2,1H3. The largest absolute Gasteiger partial charge is 0.388 e. The minimum absolute atomic E-state index is 0.333. The highest BCUT2D eigenvalue weighted by Crippen LogP contribution is 2.31. The Balaban J connectivity index is 2.07. The first-order valence-corrected chi connectivity index (χ1v) is 6.98. The third-order valence-electron chi connectivity index (χ3n) is 2.37. The van der Waals surface area contributed by atoms with Crippen LogP contribution >= 0.6 is 23.1 Å². The van der Waals surface area contributed by atoms with Crippen LogP contribution < -0.4 is 0 Å². The van der Waals surface area contributed by atoms with Crippen LogP contribution in [0.4, 0.5) is 0 Å². The Morgan fingerprint density at radius 2 is 2.00 bits per heavy atom. The minimum Gasteiger partial charge on any atom is -0.388 e. The molecule has 1 atom stereocenters. The molecular formula is C13H14OS2. The third kappa shape index (κ3) is 2.88. The van der Waals surface area contributed by atoms with Crippen LogP contribution in [-0.2, 0) is 0 Å². The predicted octanol–water partition coefficient (Wildman–Crippen LogP) is 4.34. The molecular weight excluding hydrogens is 236 g/mol. The Morgan fingerprint density at radius 1 is 1.25 bits per heavy atom. The van der Waals surface area contributed by atoms with Crippen LogP contribution in [0.1, 0.15) is 25.0 Å². The van der Waals surface area contributed by atoms with Crippen molar-refractivity contribution in [1.29, 1.82) is 0 Å². The summed E-state index contributed by atoms with van der Waals surface area (Å²) in [4.78, 5) is 1.22. The van der Waals surface area contributed by atoms with Gasteiger partial charge in [-0.3, -0.25) is 0 Å². The molecule has 0 aliphatic rings. The molecule has 0 aliphatic carbocycles. The fourth-order valence-electron chi connectivity index (χ4n) is 1.43. The van der Waals surface area contributed by atoms with Crippen molar-refractivity contribution in [2.75, 3.05) is 0 Å². The second-order valence-electron chi connectivity index (χ2n) is 3.53. The molecule has 0 saturated carbocycles. The molecule has 2 aromatic rings. The van der Waals surface area contributed by atoms with Gasteiger partial charge < -0.3 is 5.11 Å². The number of hydrogen-bond acceptors (Lipinski definition) is 3. The molecule has 1 nitrogen and oxygen atoms in total. The molecule has 1 aromatic carbocycles. The van der Waals surface area contributed by atoms with Crippen LogP contribution in [0.15, 0.2) is 50.9 Å². The van der Waals surface area contributed by atoms with E-state index >= 15 is 0 Å². The molecule has 0 amide bonds. The summed E-state index contributed by atoms with van der Waals surface area (Å²) in [5, 5.41) is 11.8. The van der Waals surface area contributed by atoms with Gasteiger partial charge in [0.1, 0.15) is 0 Å². The topological polar surface area (TPSA) is 20.2 Å². The molecule has 2 rings (SSSR count). The summed E-state index contributed by atoms with van der Waals surface area (Å²) in [7, 11) is 0. The van der Waals surface area contributed by atoms with Crippen LogP contribution in [0.25, 0.3) is 0 Å². The Kier molecular flexibility index (Phi) is 4.04. The van der Waals surface area contributed by atoms with Crippen molar-refractivity contribution in [2.45, 2.75) is 28.6 Å². The van der Waals surface area contributed by atoms with Gasteiger partial charge in [-0.1, -0.05) is 36.9 Å². The second kappa shape index (κ2) is 5.53. The molecule has 1 aromatic heterocycles. The fourth-order valence-corrected chi connectivity index (χ4v) is 3.18. The van der Waals surface area contributed by atoms with Gasteiger partial charge in [-0.05, 0) is 35.6 Å². The van der Waals surface area contributed by atoms with E-state index in [0.29, 0.717) is 0 Å². The second-order valence-corrected chi connectivity index (χ2v) is 5.85. The van der Waals surface area contributed by atoms with Gasteiger partial charge in [-0.15, -0.1) is 11.3 Å². The molecule has 3 heteroatoms. The summed E-state index contributed by atoms with van der Waals surface area (Å²) in [5.41, 5.74) is 0.998. The lowest BCUT2D eigenvalue weighted by atomic mass is 10.1. The van der Waals surface area contributed by atoms with E-state index < -0.39 is 0 Å². The molecule has 16 heavy (non-hydrogen) atoms. The maximum atomic E-state index is 9.67. The predicted molar refractivity (Wildman–Crippen MR) is 70.1 cm³/mol. The van der Waals surface area contributed by atoms with E-state index in [1.807, 2.05) is 19.1 Å². The van der Waals surface area contributed by atoms with Gasteiger partial charge in [-0.2, -0.15) is 0 Å². The maximum absolute atomic E-state index is 9.67. The highest BCUT2D eigenvalue weighted by atomic mass is 32.2. The number of hydrogen-bond donors (Lipinski definition) is 1. The fraction of sp³-hybridized carbons (Fsp3) is 0.231. The van der Waals surface area contributed by atoms with E-state index in [2.05, 4.69) is 29.6 Å². The smallest absolute Gasteiger partial charge is 0.0787 e. The maximum Gasteiger partial charge on any atom is 0.0787 e. The van der Waals surface area contributed by atoms with E-state index in [9.17, 15) is 5.11 Å². The highest BCUT2D eigenvalue weighted by Gasteiger charge is 2.04. The van der Waals surface area contributed by atoms with Gasteiger partial charge in [0.05, 0.1) is 10.3 Å². The lowest BCUT2D eigenvalue weighted by Crippen LogP contribution is -1.93. The number of rotatable bonds is 4. The minimum atomic E-state index is -0.333. The summed E-state index contributed by atoms with van der Waals surface area (Å²) >= 11 is 3.51. The van der Waals surface area contributed by atoms with E-state index in [1.165, 1.54) is 9.10 Å². The molecule has 0 bridgehead atoms. The quantitative estimate of drug-likeness (QED) is 0.871. The average Bonchev–Trinajstić information content (AvgIpc) is 2.82. The van der Waals surface area contributed by atoms with Gasteiger partial charge in [0.2, 0.25) is 0 Å². The van der Waals surface area contributed by atoms with Crippen molar-refractivity contribution >= 4 is 23.1 Å². The summed E-state index contributed by atoms with van der Waals surface area (Å²) in [6.07, 6.45) is 0.429. The lowest BCUT2D eigenvalue weighted by molar-refractivity contribution is 0.173. The summed E-state index contributed by atoms with van der Waals surface area (Å²) < 4.78 is 1.30. The molecule has 1 unspecified atom stereocenters. The van der Waals surface area contributed by atoms with Crippen molar-refractivity contribution in [1.82, 2.24) is 0 Å². The van der Waals surface area contributed by atoms with Gasteiger partial charge in [0.25, 0.3) is 0 Å². The third-order valence-corrected chi connectivity index (χ3v) is 4.41. The molecule has 1 heterocycles. The normalized spacial score (nSPS) is 12.6. The molecule has 0 radical (unpaired) electrons. The zero-order chi connectivity index (χ0) is 11.4. The van der Waals surface area contributed by atoms with Crippen LogP contribution in [0.2, 0.25) is 0 Å².